The molecule has 3 atom stereocenters. The highest BCUT2D eigenvalue weighted by Crippen LogP contribution is 2.48. The summed E-state index contributed by atoms with van der Waals surface area (Å²) in [6.45, 7) is 2.46. The minimum atomic E-state index is -0.0376. The van der Waals surface area contributed by atoms with Crippen LogP contribution in [-0.4, -0.2) is 26.2 Å². The van der Waals surface area contributed by atoms with E-state index in [0.717, 1.165) is 11.8 Å². The molecule has 1 heterocycles. The van der Waals surface area contributed by atoms with Crippen LogP contribution in [0, 0.1) is 17.8 Å². The maximum absolute atomic E-state index is 10.9. The number of hydrogen-bond acceptors (Lipinski definition) is 2. The van der Waals surface area contributed by atoms with Crippen molar-refractivity contribution in [3.05, 3.63) is 0 Å². The Morgan fingerprint density at radius 2 is 2.18 bits per heavy atom. The van der Waals surface area contributed by atoms with Crippen LogP contribution in [0.5, 0.6) is 0 Å². The van der Waals surface area contributed by atoms with Crippen molar-refractivity contribution in [2.45, 2.75) is 6.42 Å². The van der Waals surface area contributed by atoms with Gasteiger partial charge in [-0.15, -0.1) is 0 Å². The first kappa shape index (κ1) is 7.10. The molecule has 3 heteroatoms. The van der Waals surface area contributed by atoms with E-state index in [4.69, 9.17) is 0 Å². The van der Waals surface area contributed by atoms with Crippen molar-refractivity contribution < 1.29 is 14.8 Å². The van der Waals surface area contributed by atoms with Gasteiger partial charge in [-0.2, -0.15) is 0 Å². The van der Waals surface area contributed by atoms with Gasteiger partial charge in [0.25, 0.3) is 0 Å². The van der Waals surface area contributed by atoms with Gasteiger partial charge < -0.3 is 10.1 Å². The smallest absolute Gasteiger partial charge is 0.305 e. The molecule has 1 aliphatic carbocycles. The lowest BCUT2D eigenvalue weighted by Gasteiger charge is -2.00. The summed E-state index contributed by atoms with van der Waals surface area (Å²) >= 11 is 0. The third kappa shape index (κ3) is 1.13. The van der Waals surface area contributed by atoms with E-state index in [1.807, 2.05) is 0 Å². The van der Waals surface area contributed by atoms with Gasteiger partial charge in [0.1, 0.15) is 0 Å². The lowest BCUT2D eigenvalue weighted by atomic mass is 10.2. The lowest BCUT2D eigenvalue weighted by Crippen LogP contribution is -2.82. The molecule has 1 saturated carbocycles. The van der Waals surface area contributed by atoms with Crippen LogP contribution in [0.3, 0.4) is 0 Å². The number of hydrogen-bond donors (Lipinski definition) is 1. The van der Waals surface area contributed by atoms with E-state index in [0.29, 0.717) is 12.3 Å². The Balaban J connectivity index is 1.79. The molecule has 0 bridgehead atoms. The predicted octanol–water partition coefficient (Wildman–Crippen LogP) is -1.01. The quantitative estimate of drug-likeness (QED) is 0.520. The molecule has 2 aliphatic rings. The van der Waals surface area contributed by atoms with Crippen LogP contribution < -0.4 is 5.32 Å². The minimum absolute atomic E-state index is 0.0376. The van der Waals surface area contributed by atoms with Crippen LogP contribution in [0.2, 0.25) is 0 Å². The average Bonchev–Trinajstić information content (AvgIpc) is 2.52. The number of rotatable bonds is 2. The summed E-state index contributed by atoms with van der Waals surface area (Å²) in [5.74, 6) is 2.28. The summed E-state index contributed by atoms with van der Waals surface area (Å²) in [7, 11) is 1.46. The maximum atomic E-state index is 10.9. The first-order valence-corrected chi connectivity index (χ1v) is 4.21. The van der Waals surface area contributed by atoms with Crippen molar-refractivity contribution in [2.75, 3.05) is 20.2 Å². The second kappa shape index (κ2) is 2.48. The Hall–Kier alpha value is -0.570. The number of carbonyl (C=O) groups is 1. The van der Waals surface area contributed by atoms with Crippen molar-refractivity contribution in [1.82, 2.24) is 0 Å². The Labute approximate surface area is 66.1 Å². The van der Waals surface area contributed by atoms with Crippen molar-refractivity contribution in [3.63, 3.8) is 0 Å². The zero-order valence-electron chi connectivity index (χ0n) is 6.75. The number of nitrogens with two attached hydrogens (primary N) is 1. The normalized spacial score (nSPS) is 39.9. The second-order valence-corrected chi connectivity index (χ2v) is 3.53. The van der Waals surface area contributed by atoms with Gasteiger partial charge in [0.15, 0.2) is 0 Å². The highest BCUT2D eigenvalue weighted by molar-refractivity contribution is 5.70. The van der Waals surface area contributed by atoms with Crippen molar-refractivity contribution in [1.29, 1.82) is 0 Å². The molecule has 11 heavy (non-hydrogen) atoms. The van der Waals surface area contributed by atoms with E-state index in [2.05, 4.69) is 10.1 Å². The molecule has 0 aromatic carbocycles. The number of methoxy groups -OCH3 is 1. The largest absolute Gasteiger partial charge is 0.469 e. The van der Waals surface area contributed by atoms with Crippen molar-refractivity contribution in [2.24, 2.45) is 17.8 Å². The monoisotopic (exact) mass is 156 g/mol. The van der Waals surface area contributed by atoms with Crippen molar-refractivity contribution >= 4 is 5.97 Å². The summed E-state index contributed by atoms with van der Waals surface area (Å²) in [5.41, 5.74) is 0. The van der Waals surface area contributed by atoms with E-state index < -0.39 is 0 Å². The van der Waals surface area contributed by atoms with E-state index in [1.54, 1.807) is 0 Å². The number of ether oxygens (including phenoxy) is 1. The van der Waals surface area contributed by atoms with E-state index in [-0.39, 0.29) is 5.97 Å². The minimum Gasteiger partial charge on any atom is -0.469 e. The molecule has 3 nitrogen and oxygen atoms in total. The summed E-state index contributed by atoms with van der Waals surface area (Å²) in [5, 5.41) is 2.34. The molecule has 0 aromatic rings. The summed E-state index contributed by atoms with van der Waals surface area (Å²) < 4.78 is 4.62. The number of piperidine rings is 1. The predicted molar refractivity (Wildman–Crippen MR) is 38.8 cm³/mol. The van der Waals surface area contributed by atoms with Crippen LogP contribution in [0.25, 0.3) is 0 Å². The molecule has 0 aromatic heterocycles. The molecule has 2 fully saturated rings. The summed E-state index contributed by atoms with van der Waals surface area (Å²) in [6.07, 6.45) is 0.652. The van der Waals surface area contributed by atoms with Gasteiger partial charge in [0.2, 0.25) is 0 Å². The zero-order valence-corrected chi connectivity index (χ0v) is 6.75. The highest BCUT2D eigenvalue weighted by atomic mass is 16.5. The van der Waals surface area contributed by atoms with Gasteiger partial charge in [-0.3, -0.25) is 4.79 Å². The number of esters is 1. The summed E-state index contributed by atoms with van der Waals surface area (Å²) in [6, 6.07) is 0. The van der Waals surface area contributed by atoms with Crippen LogP contribution >= 0.6 is 0 Å². The van der Waals surface area contributed by atoms with Crippen LogP contribution in [0.1, 0.15) is 6.42 Å². The first-order chi connectivity index (χ1) is 5.33. The third-order valence-corrected chi connectivity index (χ3v) is 3.02. The van der Waals surface area contributed by atoms with Crippen LogP contribution in [-0.2, 0) is 9.53 Å². The van der Waals surface area contributed by atoms with Gasteiger partial charge in [0, 0.05) is 18.3 Å². The van der Waals surface area contributed by atoms with Gasteiger partial charge in [-0.05, 0) is 5.92 Å². The molecule has 0 spiro atoms. The Kier molecular flexibility index (Phi) is 1.60. The van der Waals surface area contributed by atoms with E-state index >= 15 is 0 Å². The van der Waals surface area contributed by atoms with Crippen LogP contribution in [0.15, 0.2) is 0 Å². The van der Waals surface area contributed by atoms with Crippen LogP contribution in [0.4, 0.5) is 0 Å². The number of carbonyl (C=O) groups excluding carboxylic acids is 1. The summed E-state index contributed by atoms with van der Waals surface area (Å²) in [4.78, 5) is 10.9. The Bertz CT molecular complexity index is 171. The molecule has 0 amide bonds. The highest BCUT2D eigenvalue weighted by Gasteiger charge is 2.56. The molecular formula is C8H14NO2+. The molecule has 2 rings (SSSR count). The van der Waals surface area contributed by atoms with Gasteiger partial charge in [-0.25, -0.2) is 0 Å². The SMILES string of the molecule is COC(=O)CC1[C@H]2C[NH2+]C[C@@H]12. The molecule has 62 valence electrons. The Morgan fingerprint density at radius 1 is 1.55 bits per heavy atom. The fourth-order valence-electron chi connectivity index (χ4n) is 2.28. The first-order valence-electron chi connectivity index (χ1n) is 4.21. The molecule has 1 saturated heterocycles. The number of quaternary nitrogens is 1. The molecule has 1 unspecified atom stereocenters. The molecule has 2 N–H and O–H groups in total. The maximum Gasteiger partial charge on any atom is 0.305 e. The van der Waals surface area contributed by atoms with Gasteiger partial charge in [-0.1, -0.05) is 0 Å². The topological polar surface area (TPSA) is 42.9 Å². The van der Waals surface area contributed by atoms with Crippen molar-refractivity contribution in [3.8, 4) is 0 Å². The van der Waals surface area contributed by atoms with Gasteiger partial charge in [0.05, 0.1) is 20.2 Å². The fourth-order valence-corrected chi connectivity index (χ4v) is 2.28. The van der Waals surface area contributed by atoms with Gasteiger partial charge >= 0.3 is 5.97 Å². The average molecular weight is 156 g/mol. The lowest BCUT2D eigenvalue weighted by molar-refractivity contribution is -0.645. The second-order valence-electron chi connectivity index (χ2n) is 3.53. The Morgan fingerprint density at radius 3 is 2.73 bits per heavy atom. The zero-order chi connectivity index (χ0) is 7.84. The molecular weight excluding hydrogens is 142 g/mol. The van der Waals surface area contributed by atoms with E-state index in [9.17, 15) is 4.79 Å². The van der Waals surface area contributed by atoms with E-state index in [1.165, 1.54) is 20.2 Å². The molecule has 0 radical (unpaired) electrons. The number of fused-ring (bicyclic) bond motifs is 1. The standard InChI is InChI=1S/C8H13NO2/c1-11-8(10)2-5-6-3-9-4-7(5)6/h5-7,9H,2-4H2,1H3/p+1/t5?,6-,7+. The molecule has 1 aliphatic heterocycles. The third-order valence-electron chi connectivity index (χ3n) is 3.02. The fraction of sp³-hybridized carbons (Fsp3) is 0.875.